The Kier molecular flexibility index (Phi) is 4.14. The lowest BCUT2D eigenvalue weighted by atomic mass is 10.1. The molecule has 0 radical (unpaired) electrons. The summed E-state index contributed by atoms with van der Waals surface area (Å²) < 4.78 is 5.20. The Bertz CT molecular complexity index is 213. The number of hydrogen-bond acceptors (Lipinski definition) is 3. The van der Waals surface area contributed by atoms with Gasteiger partial charge in [-0.05, 0) is 30.8 Å². The Labute approximate surface area is 94.5 Å². The van der Waals surface area contributed by atoms with Crippen LogP contribution in [-0.2, 0) is 4.74 Å². The monoisotopic (exact) mass is 230 g/mol. The smallest absolute Gasteiger partial charge is 0.315 e. The van der Waals surface area contributed by atoms with Crippen molar-refractivity contribution >= 4 is 17.8 Å². The number of nitrogens with one attached hydrogen (secondary N) is 2. The Morgan fingerprint density at radius 2 is 1.87 bits per heavy atom. The summed E-state index contributed by atoms with van der Waals surface area (Å²) in [5, 5.41) is 5.97. The number of amides is 2. The second-order valence-electron chi connectivity index (χ2n) is 4.06. The first-order valence-corrected chi connectivity index (χ1v) is 6.72. The lowest BCUT2D eigenvalue weighted by Crippen LogP contribution is -2.47. The quantitative estimate of drug-likeness (QED) is 0.743. The van der Waals surface area contributed by atoms with E-state index in [1.54, 1.807) is 0 Å². The lowest BCUT2D eigenvalue weighted by molar-refractivity contribution is 0.188. The maximum atomic E-state index is 11.6. The summed E-state index contributed by atoms with van der Waals surface area (Å²) in [6, 6.07) is 0.555. The van der Waals surface area contributed by atoms with E-state index in [-0.39, 0.29) is 12.1 Å². The molecule has 0 aromatic heterocycles. The summed E-state index contributed by atoms with van der Waals surface area (Å²) in [6.45, 7) is 1.43. The van der Waals surface area contributed by atoms with Gasteiger partial charge in [-0.3, -0.25) is 0 Å². The average Bonchev–Trinajstić information content (AvgIpc) is 2.71. The summed E-state index contributed by atoms with van der Waals surface area (Å²) >= 11 is 1.97. The minimum atomic E-state index is -0.0256. The highest BCUT2D eigenvalue weighted by molar-refractivity contribution is 7.99. The van der Waals surface area contributed by atoms with Crippen molar-refractivity contribution in [2.45, 2.75) is 31.3 Å². The van der Waals surface area contributed by atoms with Gasteiger partial charge in [-0.15, -0.1) is 0 Å². The molecule has 1 unspecified atom stereocenters. The molecule has 1 atom stereocenters. The van der Waals surface area contributed by atoms with Crippen molar-refractivity contribution in [3.63, 3.8) is 0 Å². The number of rotatable bonds is 2. The highest BCUT2D eigenvalue weighted by atomic mass is 32.2. The van der Waals surface area contributed by atoms with Crippen LogP contribution >= 0.6 is 11.8 Å². The van der Waals surface area contributed by atoms with Crippen LogP contribution in [0, 0.1) is 0 Å². The third kappa shape index (κ3) is 3.57. The van der Waals surface area contributed by atoms with Crippen LogP contribution in [-0.4, -0.2) is 42.8 Å². The molecule has 0 aromatic rings. The fourth-order valence-electron chi connectivity index (χ4n) is 1.90. The molecule has 0 saturated carbocycles. The van der Waals surface area contributed by atoms with Gasteiger partial charge in [0.05, 0.1) is 12.6 Å². The fourth-order valence-corrected chi connectivity index (χ4v) is 3.01. The second kappa shape index (κ2) is 5.61. The van der Waals surface area contributed by atoms with Gasteiger partial charge in [-0.1, -0.05) is 0 Å². The van der Waals surface area contributed by atoms with Crippen molar-refractivity contribution in [1.82, 2.24) is 10.6 Å². The molecule has 2 heterocycles. The topological polar surface area (TPSA) is 50.4 Å². The van der Waals surface area contributed by atoms with Crippen LogP contribution in [0.3, 0.4) is 0 Å². The molecule has 2 rings (SSSR count). The molecule has 2 aliphatic rings. The van der Waals surface area contributed by atoms with E-state index >= 15 is 0 Å². The van der Waals surface area contributed by atoms with Crippen LogP contribution in [0.2, 0.25) is 0 Å². The summed E-state index contributed by atoms with van der Waals surface area (Å²) in [4.78, 5) is 11.6. The molecule has 0 aliphatic carbocycles. The van der Waals surface area contributed by atoms with Crippen LogP contribution in [0.1, 0.15) is 19.3 Å². The second-order valence-corrected chi connectivity index (χ2v) is 5.29. The van der Waals surface area contributed by atoms with Crippen molar-refractivity contribution in [2.75, 3.05) is 24.7 Å². The summed E-state index contributed by atoms with van der Waals surface area (Å²) in [6.07, 6.45) is 3.13. The summed E-state index contributed by atoms with van der Waals surface area (Å²) in [7, 11) is 0. The third-order valence-corrected chi connectivity index (χ3v) is 3.87. The van der Waals surface area contributed by atoms with Gasteiger partial charge in [0.1, 0.15) is 0 Å². The van der Waals surface area contributed by atoms with Crippen molar-refractivity contribution in [1.29, 1.82) is 0 Å². The molecule has 4 nitrogen and oxygen atoms in total. The Morgan fingerprint density at radius 3 is 2.53 bits per heavy atom. The lowest BCUT2D eigenvalue weighted by Gasteiger charge is -2.23. The van der Waals surface area contributed by atoms with Crippen molar-refractivity contribution < 1.29 is 9.53 Å². The number of carbonyl (C=O) groups is 1. The summed E-state index contributed by atoms with van der Waals surface area (Å²) in [5.74, 6) is 2.33. The molecule has 2 aliphatic heterocycles. The standard InChI is InChI=1S/C10H18N2O2S/c13-10(12-9-1-4-14-7-9)11-8-2-5-15-6-3-8/h8-9H,1-7H2,(H2,11,12,13). The number of thioether (sulfide) groups is 1. The highest BCUT2D eigenvalue weighted by Crippen LogP contribution is 2.16. The van der Waals surface area contributed by atoms with E-state index in [4.69, 9.17) is 4.74 Å². The molecule has 2 amide bonds. The number of carbonyl (C=O) groups excluding carboxylic acids is 1. The van der Waals surface area contributed by atoms with Crippen LogP contribution in [0.5, 0.6) is 0 Å². The first kappa shape index (κ1) is 11.1. The molecular weight excluding hydrogens is 212 g/mol. The van der Waals surface area contributed by atoms with Crippen LogP contribution in [0.15, 0.2) is 0 Å². The average molecular weight is 230 g/mol. The third-order valence-electron chi connectivity index (χ3n) is 2.82. The molecule has 15 heavy (non-hydrogen) atoms. The first-order valence-electron chi connectivity index (χ1n) is 5.57. The molecule has 86 valence electrons. The van der Waals surface area contributed by atoms with E-state index in [0.29, 0.717) is 12.6 Å². The molecule has 5 heteroatoms. The van der Waals surface area contributed by atoms with E-state index in [1.165, 1.54) is 0 Å². The van der Waals surface area contributed by atoms with Crippen LogP contribution in [0.4, 0.5) is 4.79 Å². The van der Waals surface area contributed by atoms with Crippen molar-refractivity contribution in [3.05, 3.63) is 0 Å². The van der Waals surface area contributed by atoms with Crippen molar-refractivity contribution in [2.24, 2.45) is 0 Å². The Hall–Kier alpha value is -0.420. The van der Waals surface area contributed by atoms with Gasteiger partial charge < -0.3 is 15.4 Å². The minimum Gasteiger partial charge on any atom is -0.379 e. The number of ether oxygens (including phenoxy) is 1. The zero-order valence-corrected chi connectivity index (χ0v) is 9.65. The largest absolute Gasteiger partial charge is 0.379 e. The van der Waals surface area contributed by atoms with Gasteiger partial charge >= 0.3 is 6.03 Å². The van der Waals surface area contributed by atoms with Gasteiger partial charge in [0.25, 0.3) is 0 Å². The first-order chi connectivity index (χ1) is 7.34. The normalized spacial score (nSPS) is 27.6. The zero-order chi connectivity index (χ0) is 10.5. The van der Waals surface area contributed by atoms with Gasteiger partial charge in [0, 0.05) is 12.6 Å². The number of hydrogen-bond donors (Lipinski definition) is 2. The van der Waals surface area contributed by atoms with E-state index in [2.05, 4.69) is 10.6 Å². The van der Waals surface area contributed by atoms with E-state index < -0.39 is 0 Å². The zero-order valence-electron chi connectivity index (χ0n) is 8.83. The maximum absolute atomic E-state index is 11.6. The number of urea groups is 1. The predicted molar refractivity (Wildman–Crippen MR) is 61.2 cm³/mol. The van der Waals surface area contributed by atoms with Crippen LogP contribution < -0.4 is 10.6 Å². The molecule has 2 fully saturated rings. The molecule has 0 spiro atoms. The molecule has 2 saturated heterocycles. The van der Waals surface area contributed by atoms with E-state index in [0.717, 1.165) is 37.4 Å². The maximum Gasteiger partial charge on any atom is 0.315 e. The molecular formula is C10H18N2O2S. The Morgan fingerprint density at radius 1 is 1.13 bits per heavy atom. The Balaban J connectivity index is 1.66. The molecule has 2 N–H and O–H groups in total. The molecule has 0 aromatic carbocycles. The van der Waals surface area contributed by atoms with E-state index in [1.807, 2.05) is 11.8 Å². The molecule has 0 bridgehead atoms. The summed E-state index contributed by atoms with van der Waals surface area (Å²) in [5.41, 5.74) is 0. The van der Waals surface area contributed by atoms with Crippen LogP contribution in [0.25, 0.3) is 0 Å². The van der Waals surface area contributed by atoms with Crippen molar-refractivity contribution in [3.8, 4) is 0 Å². The van der Waals surface area contributed by atoms with Gasteiger partial charge in [0.15, 0.2) is 0 Å². The highest BCUT2D eigenvalue weighted by Gasteiger charge is 2.20. The van der Waals surface area contributed by atoms with Gasteiger partial charge in [0.2, 0.25) is 0 Å². The minimum absolute atomic E-state index is 0.0256. The van der Waals surface area contributed by atoms with E-state index in [9.17, 15) is 4.79 Å². The van der Waals surface area contributed by atoms with Gasteiger partial charge in [-0.2, -0.15) is 11.8 Å². The SMILES string of the molecule is O=C(NC1CCSCC1)NC1CCOC1. The van der Waals surface area contributed by atoms with Gasteiger partial charge in [-0.25, -0.2) is 4.79 Å². The fraction of sp³-hybridized carbons (Fsp3) is 0.900. The predicted octanol–water partition coefficient (Wildman–Crippen LogP) is 0.970.